The predicted molar refractivity (Wildman–Crippen MR) is 74.1 cm³/mol. The quantitative estimate of drug-likeness (QED) is 0.796. The molecule has 0 aliphatic heterocycles. The van der Waals surface area contributed by atoms with Crippen LogP contribution in [0.25, 0.3) is 0 Å². The highest BCUT2D eigenvalue weighted by Crippen LogP contribution is 2.35. The van der Waals surface area contributed by atoms with Gasteiger partial charge in [-0.3, -0.25) is 0 Å². The number of nitrogens with two attached hydrogens (primary N) is 1. The summed E-state index contributed by atoms with van der Waals surface area (Å²) >= 11 is 5.86. The molecule has 0 radical (unpaired) electrons. The number of alkyl halides is 3. The monoisotopic (exact) mass is 309 g/mol. The minimum atomic E-state index is -4.40. The zero-order valence-electron chi connectivity index (χ0n) is 11.3. The zero-order chi connectivity index (χ0) is 15.2. The van der Waals surface area contributed by atoms with Gasteiger partial charge in [-0.25, -0.2) is 0 Å². The fourth-order valence-electron chi connectivity index (χ4n) is 1.88. The van der Waals surface area contributed by atoms with Crippen molar-refractivity contribution < 1.29 is 17.9 Å². The number of hydrogen-bond donors (Lipinski definition) is 1. The van der Waals surface area contributed by atoms with Crippen LogP contribution < -0.4 is 10.5 Å². The van der Waals surface area contributed by atoms with Gasteiger partial charge in [-0.2, -0.15) is 13.2 Å². The molecule has 20 heavy (non-hydrogen) atoms. The van der Waals surface area contributed by atoms with Crippen molar-refractivity contribution in [3.05, 3.63) is 28.8 Å². The molecule has 114 valence electrons. The van der Waals surface area contributed by atoms with Crippen molar-refractivity contribution in [2.24, 2.45) is 5.73 Å². The summed E-state index contributed by atoms with van der Waals surface area (Å²) in [5, 5.41) is -0.0197. The first-order chi connectivity index (χ1) is 9.38. The highest BCUT2D eigenvalue weighted by Gasteiger charge is 2.31. The maximum atomic E-state index is 12.5. The first-order valence-corrected chi connectivity index (χ1v) is 6.99. The minimum absolute atomic E-state index is 0.0197. The van der Waals surface area contributed by atoms with E-state index >= 15 is 0 Å². The van der Waals surface area contributed by atoms with E-state index in [2.05, 4.69) is 0 Å². The Morgan fingerprint density at radius 2 is 2.00 bits per heavy atom. The van der Waals surface area contributed by atoms with Gasteiger partial charge >= 0.3 is 6.18 Å². The summed E-state index contributed by atoms with van der Waals surface area (Å²) in [6, 6.07) is 3.15. The molecule has 0 aromatic heterocycles. The number of hydrogen-bond acceptors (Lipinski definition) is 2. The smallest absolute Gasteiger partial charge is 0.416 e. The Bertz CT molecular complexity index is 423. The van der Waals surface area contributed by atoms with Gasteiger partial charge in [0.1, 0.15) is 5.75 Å². The number of ether oxygens (including phenoxy) is 1. The molecule has 0 heterocycles. The van der Waals surface area contributed by atoms with Crippen LogP contribution in [0, 0.1) is 0 Å². The van der Waals surface area contributed by atoms with Crippen LogP contribution in [-0.4, -0.2) is 12.6 Å². The molecule has 0 spiro atoms. The third-order valence-corrected chi connectivity index (χ3v) is 3.19. The van der Waals surface area contributed by atoms with Crippen LogP contribution in [0.4, 0.5) is 13.2 Å². The minimum Gasteiger partial charge on any atom is -0.489 e. The lowest BCUT2D eigenvalue weighted by Gasteiger charge is -2.19. The molecule has 0 bridgehead atoms. The zero-order valence-corrected chi connectivity index (χ0v) is 12.1. The summed E-state index contributed by atoms with van der Waals surface area (Å²) in [6.45, 7) is 2.58. The van der Waals surface area contributed by atoms with E-state index in [1.54, 1.807) is 0 Å². The Morgan fingerprint density at radius 3 is 2.50 bits per heavy atom. The van der Waals surface area contributed by atoms with Crippen LogP contribution in [0.2, 0.25) is 5.02 Å². The molecule has 1 aromatic rings. The van der Waals surface area contributed by atoms with Gasteiger partial charge in [0.25, 0.3) is 0 Å². The molecule has 2 N–H and O–H groups in total. The van der Waals surface area contributed by atoms with Gasteiger partial charge in [0, 0.05) is 0 Å². The largest absolute Gasteiger partial charge is 0.489 e. The lowest BCUT2D eigenvalue weighted by Crippen LogP contribution is -2.18. The lowest BCUT2D eigenvalue weighted by atomic mass is 10.1. The fraction of sp³-hybridized carbons (Fsp3) is 0.571. The normalized spacial score (nSPS) is 13.3. The number of benzene rings is 1. The van der Waals surface area contributed by atoms with Gasteiger partial charge in [-0.15, -0.1) is 0 Å². The standard InChI is InChI=1S/C14H19ClF3NO/c1-2-4-11(5-3-8-19)20-13-7-6-10(9-12(13)15)14(16,17)18/h6-7,9,11H,2-5,8,19H2,1H3/t11-/m0/s1. The Morgan fingerprint density at radius 1 is 1.30 bits per heavy atom. The van der Waals surface area contributed by atoms with E-state index in [9.17, 15) is 13.2 Å². The molecule has 1 aromatic carbocycles. The third kappa shape index (κ3) is 5.21. The number of rotatable bonds is 7. The highest BCUT2D eigenvalue weighted by atomic mass is 35.5. The van der Waals surface area contributed by atoms with Crippen molar-refractivity contribution in [2.45, 2.75) is 44.9 Å². The summed E-state index contributed by atoms with van der Waals surface area (Å²) in [4.78, 5) is 0. The van der Waals surface area contributed by atoms with Crippen LogP contribution in [0.1, 0.15) is 38.2 Å². The molecule has 0 unspecified atom stereocenters. The van der Waals surface area contributed by atoms with Gasteiger partial charge < -0.3 is 10.5 Å². The van der Waals surface area contributed by atoms with E-state index in [4.69, 9.17) is 22.1 Å². The topological polar surface area (TPSA) is 35.2 Å². The molecular formula is C14H19ClF3NO. The van der Waals surface area contributed by atoms with Crippen LogP contribution in [0.15, 0.2) is 18.2 Å². The molecule has 1 rings (SSSR count). The Kier molecular flexibility index (Phi) is 6.62. The summed E-state index contributed by atoms with van der Waals surface area (Å²) < 4.78 is 43.3. The molecular weight excluding hydrogens is 291 g/mol. The summed E-state index contributed by atoms with van der Waals surface area (Å²) in [5.74, 6) is 0.287. The van der Waals surface area contributed by atoms with Crippen molar-refractivity contribution in [1.29, 1.82) is 0 Å². The Labute approximate surface area is 122 Å². The van der Waals surface area contributed by atoms with Crippen LogP contribution in [0.5, 0.6) is 5.75 Å². The lowest BCUT2D eigenvalue weighted by molar-refractivity contribution is -0.137. The molecule has 6 heteroatoms. The predicted octanol–water partition coefficient (Wildman–Crippen LogP) is 4.65. The van der Waals surface area contributed by atoms with E-state index < -0.39 is 11.7 Å². The van der Waals surface area contributed by atoms with E-state index in [-0.39, 0.29) is 16.9 Å². The summed E-state index contributed by atoms with van der Waals surface area (Å²) in [6.07, 6.45) is -1.15. The molecule has 0 amide bonds. The highest BCUT2D eigenvalue weighted by molar-refractivity contribution is 6.32. The molecule has 2 nitrogen and oxygen atoms in total. The molecule has 1 atom stereocenters. The van der Waals surface area contributed by atoms with Gasteiger partial charge in [0.15, 0.2) is 0 Å². The van der Waals surface area contributed by atoms with Crippen molar-refractivity contribution >= 4 is 11.6 Å². The van der Waals surface area contributed by atoms with Crippen LogP contribution in [-0.2, 0) is 6.18 Å². The first-order valence-electron chi connectivity index (χ1n) is 6.62. The van der Waals surface area contributed by atoms with Crippen molar-refractivity contribution in [3.8, 4) is 5.75 Å². The van der Waals surface area contributed by atoms with Crippen LogP contribution in [0.3, 0.4) is 0 Å². The average Bonchev–Trinajstić information content (AvgIpc) is 2.37. The molecule has 0 aliphatic rings. The Hall–Kier alpha value is -0.940. The summed E-state index contributed by atoms with van der Waals surface area (Å²) in [5.41, 5.74) is 4.68. The van der Waals surface area contributed by atoms with E-state index in [1.807, 2.05) is 6.92 Å². The second-order valence-corrected chi connectivity index (χ2v) is 5.01. The maximum absolute atomic E-state index is 12.5. The van der Waals surface area contributed by atoms with Crippen LogP contribution >= 0.6 is 11.6 Å². The van der Waals surface area contributed by atoms with Crippen molar-refractivity contribution in [1.82, 2.24) is 0 Å². The maximum Gasteiger partial charge on any atom is 0.416 e. The fourth-order valence-corrected chi connectivity index (χ4v) is 2.11. The van der Waals surface area contributed by atoms with Gasteiger partial charge in [-0.05, 0) is 44.0 Å². The van der Waals surface area contributed by atoms with Gasteiger partial charge in [0.2, 0.25) is 0 Å². The van der Waals surface area contributed by atoms with Gasteiger partial charge in [-0.1, -0.05) is 24.9 Å². The first kappa shape index (κ1) is 17.1. The third-order valence-electron chi connectivity index (χ3n) is 2.89. The summed E-state index contributed by atoms with van der Waals surface area (Å²) in [7, 11) is 0. The molecule has 0 aliphatic carbocycles. The second-order valence-electron chi connectivity index (χ2n) is 4.60. The van der Waals surface area contributed by atoms with E-state index in [0.29, 0.717) is 6.54 Å². The average molecular weight is 310 g/mol. The van der Waals surface area contributed by atoms with E-state index in [0.717, 1.165) is 37.8 Å². The van der Waals surface area contributed by atoms with Crippen molar-refractivity contribution in [3.63, 3.8) is 0 Å². The van der Waals surface area contributed by atoms with Crippen molar-refractivity contribution in [2.75, 3.05) is 6.54 Å². The Balaban J connectivity index is 2.80. The molecule has 0 saturated heterocycles. The van der Waals surface area contributed by atoms with Gasteiger partial charge in [0.05, 0.1) is 16.7 Å². The second kappa shape index (κ2) is 7.74. The molecule has 0 saturated carbocycles. The molecule has 0 fully saturated rings. The van der Waals surface area contributed by atoms with E-state index in [1.165, 1.54) is 6.07 Å². The number of halogens is 4. The SMILES string of the molecule is CCC[C@@H](CCCN)Oc1ccc(C(F)(F)F)cc1Cl.